The second kappa shape index (κ2) is 2.34. The molecule has 1 rings (SSSR count). The SMILES string of the molecule is C=C1CC(=N)CC(C)C1. The first kappa shape index (κ1) is 6.53. The highest BCUT2D eigenvalue weighted by Crippen LogP contribution is 2.23. The molecule has 1 heteroatoms. The van der Waals surface area contributed by atoms with Gasteiger partial charge in [0.1, 0.15) is 0 Å². The van der Waals surface area contributed by atoms with E-state index < -0.39 is 0 Å². The number of rotatable bonds is 0. The minimum atomic E-state index is 0.666. The first-order valence-corrected chi connectivity index (χ1v) is 3.41. The molecule has 1 N–H and O–H groups in total. The molecule has 0 bridgehead atoms. The smallest absolute Gasteiger partial charge is 0.0132 e. The Morgan fingerprint density at radius 1 is 1.56 bits per heavy atom. The third-order valence-corrected chi connectivity index (χ3v) is 1.70. The van der Waals surface area contributed by atoms with E-state index in [4.69, 9.17) is 5.41 Å². The molecule has 0 heterocycles. The third kappa shape index (κ3) is 1.67. The van der Waals surface area contributed by atoms with Crippen molar-refractivity contribution in [3.63, 3.8) is 0 Å². The minimum Gasteiger partial charge on any atom is -0.309 e. The van der Waals surface area contributed by atoms with Crippen molar-refractivity contribution in [2.75, 3.05) is 0 Å². The number of hydrogen-bond donors (Lipinski definition) is 1. The van der Waals surface area contributed by atoms with E-state index in [0.29, 0.717) is 5.92 Å². The Labute approximate surface area is 56.3 Å². The maximum atomic E-state index is 7.39. The van der Waals surface area contributed by atoms with Crippen LogP contribution < -0.4 is 0 Å². The minimum absolute atomic E-state index is 0.666. The van der Waals surface area contributed by atoms with Gasteiger partial charge in [-0.25, -0.2) is 0 Å². The Bertz CT molecular complexity index is 131. The largest absolute Gasteiger partial charge is 0.309 e. The summed E-state index contributed by atoms with van der Waals surface area (Å²) in [5.74, 6) is 0.666. The van der Waals surface area contributed by atoms with E-state index in [2.05, 4.69) is 13.5 Å². The van der Waals surface area contributed by atoms with E-state index in [1.807, 2.05) is 0 Å². The molecule has 0 aromatic rings. The molecule has 0 aromatic carbocycles. The molecule has 1 aliphatic rings. The highest BCUT2D eigenvalue weighted by Gasteiger charge is 2.14. The van der Waals surface area contributed by atoms with Crippen molar-refractivity contribution in [1.29, 1.82) is 5.41 Å². The Morgan fingerprint density at radius 2 is 2.22 bits per heavy atom. The van der Waals surface area contributed by atoms with Crippen LogP contribution in [-0.2, 0) is 0 Å². The van der Waals surface area contributed by atoms with Crippen LogP contribution in [0, 0.1) is 11.3 Å². The standard InChI is InChI=1S/C8H13N/c1-6-3-7(2)5-8(9)4-6/h7,9H,1,3-5H2,2H3. The van der Waals surface area contributed by atoms with Crippen molar-refractivity contribution in [3.8, 4) is 0 Å². The summed E-state index contributed by atoms with van der Waals surface area (Å²) < 4.78 is 0. The van der Waals surface area contributed by atoms with Gasteiger partial charge in [-0.2, -0.15) is 0 Å². The molecular formula is C8H13N. The van der Waals surface area contributed by atoms with Gasteiger partial charge in [-0.05, 0) is 18.8 Å². The molecule has 0 radical (unpaired) electrons. The van der Waals surface area contributed by atoms with Crippen molar-refractivity contribution in [2.45, 2.75) is 26.2 Å². The maximum absolute atomic E-state index is 7.39. The molecule has 0 aromatic heterocycles. The van der Waals surface area contributed by atoms with Crippen molar-refractivity contribution >= 4 is 5.71 Å². The lowest BCUT2D eigenvalue weighted by molar-refractivity contribution is 0.570. The van der Waals surface area contributed by atoms with Crippen LogP contribution in [0.2, 0.25) is 0 Å². The number of hydrogen-bond acceptors (Lipinski definition) is 1. The Balaban J connectivity index is 2.53. The number of nitrogens with one attached hydrogen (secondary N) is 1. The first-order chi connectivity index (χ1) is 4.18. The van der Waals surface area contributed by atoms with Gasteiger partial charge in [0.15, 0.2) is 0 Å². The van der Waals surface area contributed by atoms with Gasteiger partial charge in [0.05, 0.1) is 0 Å². The van der Waals surface area contributed by atoms with Crippen molar-refractivity contribution in [2.24, 2.45) is 5.92 Å². The molecule has 50 valence electrons. The topological polar surface area (TPSA) is 23.9 Å². The van der Waals surface area contributed by atoms with Gasteiger partial charge in [-0.3, -0.25) is 0 Å². The molecule has 1 fully saturated rings. The summed E-state index contributed by atoms with van der Waals surface area (Å²) in [7, 11) is 0. The lowest BCUT2D eigenvalue weighted by Crippen LogP contribution is -2.12. The Kier molecular flexibility index (Phi) is 1.70. The van der Waals surface area contributed by atoms with Crippen molar-refractivity contribution in [1.82, 2.24) is 0 Å². The van der Waals surface area contributed by atoms with E-state index in [-0.39, 0.29) is 0 Å². The van der Waals surface area contributed by atoms with Crippen LogP contribution in [0.25, 0.3) is 0 Å². The van der Waals surface area contributed by atoms with Crippen LogP contribution in [0.15, 0.2) is 12.2 Å². The molecule has 0 amide bonds. The van der Waals surface area contributed by atoms with Gasteiger partial charge >= 0.3 is 0 Å². The highest BCUT2D eigenvalue weighted by molar-refractivity contribution is 5.84. The first-order valence-electron chi connectivity index (χ1n) is 3.41. The molecular weight excluding hydrogens is 110 g/mol. The summed E-state index contributed by atoms with van der Waals surface area (Å²) in [6.07, 6.45) is 2.96. The van der Waals surface area contributed by atoms with Crippen LogP contribution in [0.1, 0.15) is 26.2 Å². The maximum Gasteiger partial charge on any atom is 0.0132 e. The van der Waals surface area contributed by atoms with Gasteiger partial charge in [0.2, 0.25) is 0 Å². The van der Waals surface area contributed by atoms with Crippen molar-refractivity contribution in [3.05, 3.63) is 12.2 Å². The second-order valence-electron chi connectivity index (χ2n) is 3.04. The van der Waals surface area contributed by atoms with Gasteiger partial charge in [-0.1, -0.05) is 19.1 Å². The summed E-state index contributed by atoms with van der Waals surface area (Å²) in [6.45, 7) is 6.05. The molecule has 9 heavy (non-hydrogen) atoms. The van der Waals surface area contributed by atoms with Crippen molar-refractivity contribution < 1.29 is 0 Å². The van der Waals surface area contributed by atoms with Gasteiger partial charge in [-0.15, -0.1) is 0 Å². The molecule has 1 aliphatic carbocycles. The molecule has 0 saturated heterocycles. The Hall–Kier alpha value is -0.590. The van der Waals surface area contributed by atoms with Crippen LogP contribution in [-0.4, -0.2) is 5.71 Å². The zero-order valence-electron chi connectivity index (χ0n) is 5.91. The van der Waals surface area contributed by atoms with E-state index >= 15 is 0 Å². The highest BCUT2D eigenvalue weighted by atomic mass is 14.4. The fraction of sp³-hybridized carbons (Fsp3) is 0.625. The molecule has 1 nitrogen and oxygen atoms in total. The monoisotopic (exact) mass is 123 g/mol. The van der Waals surface area contributed by atoms with Gasteiger partial charge < -0.3 is 5.41 Å². The van der Waals surface area contributed by atoms with Crippen LogP contribution in [0.5, 0.6) is 0 Å². The molecule has 0 aliphatic heterocycles. The average Bonchev–Trinajstić information content (AvgIpc) is 1.59. The predicted molar refractivity (Wildman–Crippen MR) is 39.9 cm³/mol. The zero-order chi connectivity index (χ0) is 6.85. The fourth-order valence-corrected chi connectivity index (χ4v) is 1.43. The molecule has 1 saturated carbocycles. The van der Waals surface area contributed by atoms with Gasteiger partial charge in [0, 0.05) is 12.1 Å². The van der Waals surface area contributed by atoms with E-state index in [1.54, 1.807) is 0 Å². The predicted octanol–water partition coefficient (Wildman–Crippen LogP) is 2.38. The summed E-state index contributed by atoms with van der Waals surface area (Å²) in [5, 5.41) is 7.39. The number of allylic oxidation sites excluding steroid dienone is 1. The lowest BCUT2D eigenvalue weighted by atomic mass is 9.86. The molecule has 0 spiro atoms. The average molecular weight is 123 g/mol. The summed E-state index contributed by atoms with van der Waals surface area (Å²) in [6, 6.07) is 0. The molecule has 1 unspecified atom stereocenters. The quantitative estimate of drug-likeness (QED) is 0.478. The van der Waals surface area contributed by atoms with E-state index in [1.165, 1.54) is 5.57 Å². The summed E-state index contributed by atoms with van der Waals surface area (Å²) in [4.78, 5) is 0. The Morgan fingerprint density at radius 3 is 2.67 bits per heavy atom. The van der Waals surface area contributed by atoms with Crippen LogP contribution in [0.3, 0.4) is 0 Å². The summed E-state index contributed by atoms with van der Waals surface area (Å²) >= 11 is 0. The van der Waals surface area contributed by atoms with Crippen LogP contribution >= 0.6 is 0 Å². The van der Waals surface area contributed by atoms with Gasteiger partial charge in [0.25, 0.3) is 0 Å². The zero-order valence-corrected chi connectivity index (χ0v) is 5.91. The van der Waals surface area contributed by atoms with E-state index in [0.717, 1.165) is 25.0 Å². The van der Waals surface area contributed by atoms with Crippen LogP contribution in [0.4, 0.5) is 0 Å². The second-order valence-corrected chi connectivity index (χ2v) is 3.04. The normalized spacial score (nSPS) is 28.8. The molecule has 1 atom stereocenters. The third-order valence-electron chi connectivity index (χ3n) is 1.70. The fourth-order valence-electron chi connectivity index (χ4n) is 1.43. The van der Waals surface area contributed by atoms with E-state index in [9.17, 15) is 0 Å². The lowest BCUT2D eigenvalue weighted by Gasteiger charge is -2.19. The summed E-state index contributed by atoms with van der Waals surface area (Å²) in [5.41, 5.74) is 2.09.